The van der Waals surface area contributed by atoms with E-state index in [0.29, 0.717) is 36.4 Å². The average molecular weight is 379 g/mol. The third-order valence-corrected chi connectivity index (χ3v) is 7.75. The van der Waals surface area contributed by atoms with E-state index in [1.807, 2.05) is 6.07 Å². The number of likely N-dealkylation sites (tertiary alicyclic amines) is 1. The van der Waals surface area contributed by atoms with Crippen LogP contribution in [0.2, 0.25) is 0 Å². The van der Waals surface area contributed by atoms with Crippen LogP contribution in [-0.2, 0) is 14.8 Å². The molecule has 0 spiro atoms. The van der Waals surface area contributed by atoms with Crippen LogP contribution < -0.4 is 0 Å². The Labute approximate surface area is 157 Å². The van der Waals surface area contributed by atoms with Gasteiger partial charge in [0.2, 0.25) is 15.9 Å². The fraction of sp³-hybridized carbons (Fsp3) is 0.650. The highest BCUT2D eigenvalue weighted by molar-refractivity contribution is 7.89. The van der Waals surface area contributed by atoms with E-state index in [2.05, 4.69) is 11.8 Å². The molecule has 2 saturated heterocycles. The average Bonchev–Trinajstić information content (AvgIpc) is 2.69. The molecule has 26 heavy (non-hydrogen) atoms. The van der Waals surface area contributed by atoms with Crippen LogP contribution >= 0.6 is 0 Å². The summed E-state index contributed by atoms with van der Waals surface area (Å²) in [6, 6.07) is 9.01. The highest BCUT2D eigenvalue weighted by Gasteiger charge is 2.32. The summed E-state index contributed by atoms with van der Waals surface area (Å²) in [4.78, 5) is 15.2. The first-order valence-electron chi connectivity index (χ1n) is 9.87. The number of carbonyl (C=O) groups is 1. The van der Waals surface area contributed by atoms with Gasteiger partial charge >= 0.3 is 0 Å². The molecule has 1 aromatic rings. The van der Waals surface area contributed by atoms with Crippen molar-refractivity contribution in [2.45, 2.75) is 62.8 Å². The van der Waals surface area contributed by atoms with E-state index in [1.165, 1.54) is 6.42 Å². The summed E-state index contributed by atoms with van der Waals surface area (Å²) < 4.78 is 27.0. The van der Waals surface area contributed by atoms with E-state index in [1.54, 1.807) is 28.6 Å². The zero-order valence-electron chi connectivity index (χ0n) is 15.6. The van der Waals surface area contributed by atoms with Gasteiger partial charge in [-0.25, -0.2) is 8.42 Å². The molecule has 5 nitrogen and oxygen atoms in total. The predicted molar refractivity (Wildman–Crippen MR) is 102 cm³/mol. The Balaban J connectivity index is 1.54. The monoisotopic (exact) mass is 378 g/mol. The fourth-order valence-electron chi connectivity index (χ4n) is 4.21. The Kier molecular flexibility index (Phi) is 6.35. The first-order chi connectivity index (χ1) is 12.5. The van der Waals surface area contributed by atoms with Crippen LogP contribution in [0.25, 0.3) is 0 Å². The van der Waals surface area contributed by atoms with Gasteiger partial charge in [-0.2, -0.15) is 4.31 Å². The molecular weight excluding hydrogens is 348 g/mol. The van der Waals surface area contributed by atoms with E-state index >= 15 is 0 Å². The van der Waals surface area contributed by atoms with Crippen LogP contribution in [0.4, 0.5) is 0 Å². The largest absolute Gasteiger partial charge is 0.340 e. The molecule has 144 valence electrons. The number of amides is 1. The summed E-state index contributed by atoms with van der Waals surface area (Å²) in [6.07, 6.45) is 6.57. The zero-order valence-corrected chi connectivity index (χ0v) is 16.5. The molecule has 3 rings (SSSR count). The minimum atomic E-state index is -3.41. The lowest BCUT2D eigenvalue weighted by molar-refractivity contribution is -0.136. The van der Waals surface area contributed by atoms with Gasteiger partial charge in [-0.3, -0.25) is 4.79 Å². The Hall–Kier alpha value is -1.40. The van der Waals surface area contributed by atoms with Crippen LogP contribution in [-0.4, -0.2) is 49.2 Å². The van der Waals surface area contributed by atoms with Gasteiger partial charge in [-0.1, -0.05) is 25.1 Å². The second kappa shape index (κ2) is 8.53. The first-order valence-corrected chi connectivity index (χ1v) is 11.3. The van der Waals surface area contributed by atoms with Crippen molar-refractivity contribution in [1.29, 1.82) is 0 Å². The predicted octanol–water partition coefficient (Wildman–Crippen LogP) is 3.27. The second-order valence-corrected chi connectivity index (χ2v) is 9.45. The van der Waals surface area contributed by atoms with Crippen molar-refractivity contribution >= 4 is 15.9 Å². The number of benzene rings is 1. The second-order valence-electron chi connectivity index (χ2n) is 7.51. The highest BCUT2D eigenvalue weighted by Crippen LogP contribution is 2.28. The normalized spacial score (nSPS) is 23.1. The summed E-state index contributed by atoms with van der Waals surface area (Å²) in [5.74, 6) is 0.560. The minimum absolute atomic E-state index is 0.265. The standard InChI is InChI=1S/C20H30N2O3S/c1-2-18-8-6-7-13-22(18)20(23)16-17-11-14-21(15-12-17)26(24,25)19-9-4-3-5-10-19/h3-5,9-10,17-18H,2,6-8,11-16H2,1H3. The lowest BCUT2D eigenvalue weighted by Crippen LogP contribution is -2.45. The first kappa shape index (κ1) is 19.4. The van der Waals surface area contributed by atoms with Gasteiger partial charge in [0.05, 0.1) is 4.90 Å². The molecule has 0 aliphatic carbocycles. The van der Waals surface area contributed by atoms with Gasteiger partial charge in [0.25, 0.3) is 0 Å². The lowest BCUT2D eigenvalue weighted by atomic mass is 9.92. The van der Waals surface area contributed by atoms with Gasteiger partial charge < -0.3 is 4.90 Å². The molecule has 2 fully saturated rings. The van der Waals surface area contributed by atoms with Crippen molar-refractivity contribution in [3.8, 4) is 0 Å². The summed E-state index contributed by atoms with van der Waals surface area (Å²) >= 11 is 0. The van der Waals surface area contributed by atoms with Gasteiger partial charge in [0.1, 0.15) is 0 Å². The Morgan fingerprint density at radius 2 is 1.73 bits per heavy atom. The lowest BCUT2D eigenvalue weighted by Gasteiger charge is -2.37. The number of piperidine rings is 2. The molecular formula is C20H30N2O3S. The van der Waals surface area contributed by atoms with Crippen LogP contribution in [0, 0.1) is 5.92 Å². The van der Waals surface area contributed by atoms with Gasteiger partial charge in [0.15, 0.2) is 0 Å². The molecule has 6 heteroatoms. The number of sulfonamides is 1. The Morgan fingerprint density at radius 3 is 2.38 bits per heavy atom. The van der Waals surface area contributed by atoms with Gasteiger partial charge in [-0.15, -0.1) is 0 Å². The molecule has 1 unspecified atom stereocenters. The maximum absolute atomic E-state index is 12.7. The van der Waals surface area contributed by atoms with Crippen molar-refractivity contribution < 1.29 is 13.2 Å². The van der Waals surface area contributed by atoms with E-state index in [4.69, 9.17) is 0 Å². The third-order valence-electron chi connectivity index (χ3n) is 5.84. The van der Waals surface area contributed by atoms with Crippen LogP contribution in [0.15, 0.2) is 35.2 Å². The van der Waals surface area contributed by atoms with E-state index in [9.17, 15) is 13.2 Å². The summed E-state index contributed by atoms with van der Waals surface area (Å²) in [5.41, 5.74) is 0. The van der Waals surface area contributed by atoms with E-state index in [-0.39, 0.29) is 5.91 Å². The van der Waals surface area contributed by atoms with Crippen LogP contribution in [0.5, 0.6) is 0 Å². The Bertz CT molecular complexity index is 697. The molecule has 0 aromatic heterocycles. The highest BCUT2D eigenvalue weighted by atomic mass is 32.2. The number of nitrogens with zero attached hydrogens (tertiary/aromatic N) is 2. The van der Waals surface area contributed by atoms with E-state index < -0.39 is 10.0 Å². The molecule has 1 aromatic carbocycles. The molecule has 0 saturated carbocycles. The molecule has 1 atom stereocenters. The maximum Gasteiger partial charge on any atom is 0.243 e. The zero-order chi connectivity index (χ0) is 18.6. The topological polar surface area (TPSA) is 57.7 Å². The summed E-state index contributed by atoms with van der Waals surface area (Å²) in [7, 11) is -3.41. The van der Waals surface area contributed by atoms with Crippen molar-refractivity contribution in [2.24, 2.45) is 5.92 Å². The van der Waals surface area contributed by atoms with Gasteiger partial charge in [0, 0.05) is 32.1 Å². The number of carbonyl (C=O) groups excluding carboxylic acids is 1. The number of rotatable bonds is 5. The van der Waals surface area contributed by atoms with Crippen molar-refractivity contribution in [3.63, 3.8) is 0 Å². The molecule has 0 radical (unpaired) electrons. The number of hydrogen-bond donors (Lipinski definition) is 0. The molecule has 2 heterocycles. The summed E-state index contributed by atoms with van der Waals surface area (Å²) in [5, 5.41) is 0. The van der Waals surface area contributed by atoms with E-state index in [0.717, 1.165) is 38.6 Å². The van der Waals surface area contributed by atoms with Crippen LogP contribution in [0.1, 0.15) is 51.9 Å². The van der Waals surface area contributed by atoms with Crippen molar-refractivity contribution in [3.05, 3.63) is 30.3 Å². The molecule has 2 aliphatic heterocycles. The Morgan fingerprint density at radius 1 is 1.04 bits per heavy atom. The maximum atomic E-state index is 12.7. The molecule has 0 N–H and O–H groups in total. The minimum Gasteiger partial charge on any atom is -0.340 e. The van der Waals surface area contributed by atoms with Gasteiger partial charge in [-0.05, 0) is 56.6 Å². The molecule has 2 aliphatic rings. The van der Waals surface area contributed by atoms with Crippen molar-refractivity contribution in [2.75, 3.05) is 19.6 Å². The molecule has 1 amide bonds. The third kappa shape index (κ3) is 4.29. The fourth-order valence-corrected chi connectivity index (χ4v) is 5.70. The quantitative estimate of drug-likeness (QED) is 0.790. The SMILES string of the molecule is CCC1CCCCN1C(=O)CC1CCN(S(=O)(=O)c2ccccc2)CC1. The smallest absolute Gasteiger partial charge is 0.243 e. The molecule has 0 bridgehead atoms. The van der Waals surface area contributed by atoms with Crippen molar-refractivity contribution in [1.82, 2.24) is 9.21 Å². The number of hydrogen-bond acceptors (Lipinski definition) is 3. The van der Waals surface area contributed by atoms with Crippen LogP contribution in [0.3, 0.4) is 0 Å². The summed E-state index contributed by atoms with van der Waals surface area (Å²) in [6.45, 7) is 4.06.